The molecule has 0 fully saturated rings. The highest BCUT2D eigenvalue weighted by atomic mass is 32.2. The molecule has 1 aromatic carbocycles. The van der Waals surface area contributed by atoms with Crippen LogP contribution in [0.1, 0.15) is 23.6 Å². The minimum absolute atomic E-state index is 0.129. The highest BCUT2D eigenvalue weighted by Crippen LogP contribution is 2.28. The molecule has 0 heterocycles. The number of esters is 1. The molecule has 0 saturated carbocycles. The van der Waals surface area contributed by atoms with Crippen molar-refractivity contribution in [1.82, 2.24) is 0 Å². The molecular weight excluding hydrogens is 283 g/mol. The molecule has 0 unspecified atom stereocenters. The number of sulfone groups is 1. The first-order valence-corrected chi connectivity index (χ1v) is 8.23. The first-order chi connectivity index (χ1) is 9.30. The van der Waals surface area contributed by atoms with Gasteiger partial charge in [0.15, 0.2) is 9.84 Å². The molecule has 0 amide bonds. The zero-order valence-electron chi connectivity index (χ0n) is 11.3. The van der Waals surface area contributed by atoms with Gasteiger partial charge in [-0.1, -0.05) is 6.07 Å². The molecule has 4 nitrogen and oxygen atoms in total. The Labute approximate surface area is 117 Å². The van der Waals surface area contributed by atoms with Crippen molar-refractivity contribution in [3.63, 3.8) is 0 Å². The molecule has 1 aliphatic carbocycles. The van der Waals surface area contributed by atoms with Gasteiger partial charge < -0.3 is 4.74 Å². The summed E-state index contributed by atoms with van der Waals surface area (Å²) in [6.07, 6.45) is 2.98. The molecule has 0 saturated heterocycles. The molecule has 0 aromatic heterocycles. The SMILES string of the molecule is CCOC(=O)C1=Cc2cc(F)c(CS(C)(=O)=O)cc2C1. The van der Waals surface area contributed by atoms with Crippen LogP contribution in [0.4, 0.5) is 4.39 Å². The monoisotopic (exact) mass is 298 g/mol. The number of fused-ring (bicyclic) bond motifs is 1. The molecule has 0 aliphatic heterocycles. The van der Waals surface area contributed by atoms with Crippen LogP contribution in [-0.4, -0.2) is 27.2 Å². The third-order valence-electron chi connectivity index (χ3n) is 2.97. The molecule has 0 atom stereocenters. The summed E-state index contributed by atoms with van der Waals surface area (Å²) in [6.45, 7) is 1.99. The maximum absolute atomic E-state index is 13.8. The molecule has 6 heteroatoms. The third-order valence-corrected chi connectivity index (χ3v) is 3.81. The van der Waals surface area contributed by atoms with Crippen molar-refractivity contribution in [2.24, 2.45) is 0 Å². The second-order valence-electron chi connectivity index (χ2n) is 4.78. The molecule has 1 aliphatic rings. The van der Waals surface area contributed by atoms with Gasteiger partial charge in [0.1, 0.15) is 5.82 Å². The highest BCUT2D eigenvalue weighted by Gasteiger charge is 2.22. The molecule has 0 spiro atoms. The Kier molecular flexibility index (Phi) is 3.94. The van der Waals surface area contributed by atoms with Gasteiger partial charge in [-0.25, -0.2) is 17.6 Å². The van der Waals surface area contributed by atoms with E-state index in [2.05, 4.69) is 0 Å². The quantitative estimate of drug-likeness (QED) is 0.796. The smallest absolute Gasteiger partial charge is 0.334 e. The zero-order chi connectivity index (χ0) is 14.9. The van der Waals surface area contributed by atoms with Crippen molar-refractivity contribution in [3.8, 4) is 0 Å². The molecule has 0 radical (unpaired) electrons. The standard InChI is InChI=1S/C14H15FO4S/c1-3-19-14(16)11-4-9-6-12(8-20(2,17)18)13(15)7-10(9)5-11/h5-7H,3-4,8H2,1-2H3. The Balaban J connectivity index is 2.29. The second kappa shape index (κ2) is 5.36. The first kappa shape index (κ1) is 14.7. The van der Waals surface area contributed by atoms with Crippen LogP contribution >= 0.6 is 0 Å². The molecule has 0 N–H and O–H groups in total. The van der Waals surface area contributed by atoms with Crippen molar-refractivity contribution in [2.45, 2.75) is 19.1 Å². The Morgan fingerprint density at radius 2 is 2.10 bits per heavy atom. The van der Waals surface area contributed by atoms with E-state index in [-0.39, 0.29) is 17.9 Å². The molecule has 2 rings (SSSR count). The van der Waals surface area contributed by atoms with Crippen molar-refractivity contribution in [1.29, 1.82) is 0 Å². The summed E-state index contributed by atoms with van der Waals surface area (Å²) >= 11 is 0. The second-order valence-corrected chi connectivity index (χ2v) is 6.92. The summed E-state index contributed by atoms with van der Waals surface area (Å²) in [5.74, 6) is -1.34. The number of hydrogen-bond acceptors (Lipinski definition) is 4. The lowest BCUT2D eigenvalue weighted by molar-refractivity contribution is -0.138. The molecular formula is C14H15FO4S. The first-order valence-electron chi connectivity index (χ1n) is 6.17. The van der Waals surface area contributed by atoms with Crippen molar-refractivity contribution in [2.75, 3.05) is 12.9 Å². The van der Waals surface area contributed by atoms with E-state index in [0.717, 1.165) is 11.8 Å². The van der Waals surface area contributed by atoms with Crippen molar-refractivity contribution >= 4 is 21.9 Å². The minimum atomic E-state index is -3.30. The maximum Gasteiger partial charge on any atom is 0.334 e. The van der Waals surface area contributed by atoms with Gasteiger partial charge in [-0.15, -0.1) is 0 Å². The third kappa shape index (κ3) is 3.25. The van der Waals surface area contributed by atoms with Crippen LogP contribution in [0.15, 0.2) is 17.7 Å². The lowest BCUT2D eigenvalue weighted by Gasteiger charge is -2.06. The summed E-state index contributed by atoms with van der Waals surface area (Å²) in [5, 5.41) is 0. The number of rotatable bonds is 4. The van der Waals surface area contributed by atoms with E-state index in [1.54, 1.807) is 13.0 Å². The summed E-state index contributed by atoms with van der Waals surface area (Å²) in [4.78, 5) is 11.6. The fourth-order valence-electron chi connectivity index (χ4n) is 2.16. The Bertz CT molecular complexity index is 689. The van der Waals surface area contributed by atoms with Gasteiger partial charge in [-0.3, -0.25) is 0 Å². The van der Waals surface area contributed by atoms with E-state index in [0.29, 0.717) is 17.6 Å². The predicted octanol–water partition coefficient (Wildman–Crippen LogP) is 1.87. The van der Waals surface area contributed by atoms with Crippen LogP contribution in [0.5, 0.6) is 0 Å². The Hall–Kier alpha value is -1.69. The van der Waals surface area contributed by atoms with Gasteiger partial charge >= 0.3 is 5.97 Å². The Morgan fingerprint density at radius 3 is 2.70 bits per heavy atom. The van der Waals surface area contributed by atoms with E-state index in [9.17, 15) is 17.6 Å². The molecule has 0 bridgehead atoms. The average Bonchev–Trinajstić information content (AvgIpc) is 2.71. The summed E-state index contributed by atoms with van der Waals surface area (Å²) in [7, 11) is -3.30. The number of carbonyl (C=O) groups is 1. The van der Waals surface area contributed by atoms with Crippen LogP contribution in [0.3, 0.4) is 0 Å². The van der Waals surface area contributed by atoms with Crippen LogP contribution in [0.25, 0.3) is 6.08 Å². The van der Waals surface area contributed by atoms with Gasteiger partial charge in [0.2, 0.25) is 0 Å². The topological polar surface area (TPSA) is 60.4 Å². The van der Waals surface area contributed by atoms with Crippen molar-refractivity contribution < 1.29 is 22.3 Å². The van der Waals surface area contributed by atoms with E-state index < -0.39 is 21.6 Å². The van der Waals surface area contributed by atoms with E-state index in [1.807, 2.05) is 0 Å². The molecule has 20 heavy (non-hydrogen) atoms. The lowest BCUT2D eigenvalue weighted by Crippen LogP contribution is -2.07. The number of hydrogen-bond donors (Lipinski definition) is 0. The van der Waals surface area contributed by atoms with Crippen LogP contribution < -0.4 is 0 Å². The number of halogens is 1. The van der Waals surface area contributed by atoms with Crippen molar-refractivity contribution in [3.05, 3.63) is 40.2 Å². The minimum Gasteiger partial charge on any atom is -0.463 e. The summed E-state index contributed by atoms with van der Waals surface area (Å²) in [5.41, 5.74) is 1.93. The zero-order valence-corrected chi connectivity index (χ0v) is 12.1. The van der Waals surface area contributed by atoms with Crippen LogP contribution in [0, 0.1) is 5.82 Å². The van der Waals surface area contributed by atoms with E-state index in [4.69, 9.17) is 4.74 Å². The number of ether oxygens (including phenoxy) is 1. The predicted molar refractivity (Wildman–Crippen MR) is 73.3 cm³/mol. The number of carbonyl (C=O) groups excluding carboxylic acids is 1. The summed E-state index contributed by atoms with van der Waals surface area (Å²) < 4.78 is 41.3. The van der Waals surface area contributed by atoms with E-state index >= 15 is 0 Å². The van der Waals surface area contributed by atoms with Crippen LogP contribution in [-0.2, 0) is 31.5 Å². The van der Waals surface area contributed by atoms with Crippen LogP contribution in [0.2, 0.25) is 0 Å². The lowest BCUT2D eigenvalue weighted by atomic mass is 10.1. The largest absolute Gasteiger partial charge is 0.463 e. The molecule has 1 aromatic rings. The van der Waals surface area contributed by atoms with Gasteiger partial charge in [0, 0.05) is 23.8 Å². The Morgan fingerprint density at radius 1 is 1.40 bits per heavy atom. The fraction of sp³-hybridized carbons (Fsp3) is 0.357. The van der Waals surface area contributed by atoms with Gasteiger partial charge in [0.05, 0.1) is 12.4 Å². The fourth-order valence-corrected chi connectivity index (χ4v) is 2.95. The van der Waals surface area contributed by atoms with Gasteiger partial charge in [0.25, 0.3) is 0 Å². The average molecular weight is 298 g/mol. The highest BCUT2D eigenvalue weighted by molar-refractivity contribution is 7.89. The van der Waals surface area contributed by atoms with Gasteiger partial charge in [-0.2, -0.15) is 0 Å². The van der Waals surface area contributed by atoms with Gasteiger partial charge in [-0.05, 0) is 30.2 Å². The maximum atomic E-state index is 13.8. The normalized spacial score (nSPS) is 13.8. The summed E-state index contributed by atoms with van der Waals surface area (Å²) in [6, 6.07) is 2.77. The molecule has 108 valence electrons. The number of benzene rings is 1. The van der Waals surface area contributed by atoms with E-state index in [1.165, 1.54) is 12.1 Å².